The van der Waals surface area contributed by atoms with E-state index in [1.807, 2.05) is 0 Å². The standard InChI is InChI=1S/C10H12ClN3O6S2/c11-7-1-8-10(2-9(7)21(12,17)18)22(19,20)14(5-13-8)3-6(16)4-15/h1-2,13,15H,3-5H2,(H2,12,17,18). The van der Waals surface area contributed by atoms with Crippen molar-refractivity contribution in [1.82, 2.24) is 4.31 Å². The first-order valence-electron chi connectivity index (χ1n) is 5.80. The minimum absolute atomic E-state index is 0.102. The molecule has 0 radical (unpaired) electrons. The Morgan fingerprint density at radius 3 is 2.64 bits per heavy atom. The molecule has 0 unspecified atom stereocenters. The van der Waals surface area contributed by atoms with Crippen LogP contribution in [0.1, 0.15) is 0 Å². The summed E-state index contributed by atoms with van der Waals surface area (Å²) in [5.41, 5.74) is 0.102. The molecule has 1 aliphatic heterocycles. The van der Waals surface area contributed by atoms with Crippen molar-refractivity contribution >= 4 is 43.1 Å². The fourth-order valence-electron chi connectivity index (χ4n) is 1.89. The van der Waals surface area contributed by atoms with E-state index in [1.165, 1.54) is 0 Å². The maximum absolute atomic E-state index is 12.4. The normalized spacial score (nSPS) is 17.6. The van der Waals surface area contributed by atoms with E-state index < -0.39 is 43.9 Å². The van der Waals surface area contributed by atoms with Crippen LogP contribution in [0.15, 0.2) is 21.9 Å². The third-order valence-electron chi connectivity index (χ3n) is 2.93. The van der Waals surface area contributed by atoms with Gasteiger partial charge in [0.2, 0.25) is 20.0 Å². The quantitative estimate of drug-likeness (QED) is 0.611. The minimum Gasteiger partial charge on any atom is -0.389 e. The van der Waals surface area contributed by atoms with E-state index in [2.05, 4.69) is 5.32 Å². The van der Waals surface area contributed by atoms with Gasteiger partial charge in [-0.3, -0.25) is 4.79 Å². The monoisotopic (exact) mass is 369 g/mol. The van der Waals surface area contributed by atoms with E-state index in [1.54, 1.807) is 0 Å². The van der Waals surface area contributed by atoms with Gasteiger partial charge in [-0.15, -0.1) is 0 Å². The molecule has 0 bridgehead atoms. The van der Waals surface area contributed by atoms with E-state index in [0.29, 0.717) is 0 Å². The van der Waals surface area contributed by atoms with Gasteiger partial charge in [0.05, 0.1) is 23.9 Å². The molecule has 2 rings (SSSR count). The fraction of sp³-hybridized carbons (Fsp3) is 0.300. The fourth-order valence-corrected chi connectivity index (χ4v) is 4.57. The highest BCUT2D eigenvalue weighted by Gasteiger charge is 2.34. The number of anilines is 1. The smallest absolute Gasteiger partial charge is 0.247 e. The number of nitrogens with two attached hydrogens (primary N) is 1. The molecule has 22 heavy (non-hydrogen) atoms. The van der Waals surface area contributed by atoms with Crippen LogP contribution in [-0.2, 0) is 24.8 Å². The molecule has 0 atom stereocenters. The molecule has 0 amide bonds. The summed E-state index contributed by atoms with van der Waals surface area (Å²) in [5.74, 6) is -0.700. The first kappa shape index (κ1) is 17.1. The molecule has 1 aliphatic rings. The summed E-state index contributed by atoms with van der Waals surface area (Å²) in [5, 5.41) is 16.2. The molecule has 9 nitrogen and oxygen atoms in total. The summed E-state index contributed by atoms with van der Waals surface area (Å²) < 4.78 is 48.5. The van der Waals surface area contributed by atoms with Crippen LogP contribution in [0.5, 0.6) is 0 Å². The number of carbonyl (C=O) groups excluding carboxylic acids is 1. The Kier molecular flexibility index (Phi) is 4.48. The van der Waals surface area contributed by atoms with Gasteiger partial charge in [0.25, 0.3) is 0 Å². The van der Waals surface area contributed by atoms with Crippen LogP contribution >= 0.6 is 11.6 Å². The van der Waals surface area contributed by atoms with Crippen LogP contribution in [0.3, 0.4) is 0 Å². The van der Waals surface area contributed by atoms with Gasteiger partial charge in [0.1, 0.15) is 16.4 Å². The lowest BCUT2D eigenvalue weighted by Gasteiger charge is -2.29. The van der Waals surface area contributed by atoms with E-state index in [-0.39, 0.29) is 22.3 Å². The second-order valence-corrected chi connectivity index (χ2v) is 8.31. The Morgan fingerprint density at radius 1 is 1.45 bits per heavy atom. The third-order valence-corrected chi connectivity index (χ3v) is 6.14. The van der Waals surface area contributed by atoms with Gasteiger partial charge in [-0.25, -0.2) is 22.0 Å². The van der Waals surface area contributed by atoms with Crippen LogP contribution in [0.2, 0.25) is 5.02 Å². The average molecular weight is 370 g/mol. The van der Waals surface area contributed by atoms with Crippen molar-refractivity contribution in [3.05, 3.63) is 17.2 Å². The van der Waals surface area contributed by atoms with Gasteiger partial charge >= 0.3 is 0 Å². The molecule has 1 heterocycles. The minimum atomic E-state index is -4.21. The number of halogens is 1. The number of ketones is 1. The SMILES string of the molecule is NS(=O)(=O)c1cc2c(cc1Cl)NCN(CC(=O)CO)S2(=O)=O. The highest BCUT2D eigenvalue weighted by Crippen LogP contribution is 2.35. The maximum atomic E-state index is 12.4. The lowest BCUT2D eigenvalue weighted by atomic mass is 10.3. The van der Waals surface area contributed by atoms with Crippen molar-refractivity contribution in [2.24, 2.45) is 5.14 Å². The van der Waals surface area contributed by atoms with E-state index in [9.17, 15) is 21.6 Å². The number of fused-ring (bicyclic) bond motifs is 1. The number of nitrogens with one attached hydrogen (secondary N) is 1. The topological polar surface area (TPSA) is 147 Å². The molecule has 12 heteroatoms. The Hall–Kier alpha value is -1.24. The zero-order valence-electron chi connectivity index (χ0n) is 11.0. The molecule has 1 aromatic rings. The van der Waals surface area contributed by atoms with Gasteiger partial charge in [-0.1, -0.05) is 11.6 Å². The Labute approximate surface area is 131 Å². The Bertz CT molecular complexity index is 836. The number of sulfonamides is 2. The van der Waals surface area contributed by atoms with Gasteiger partial charge < -0.3 is 10.4 Å². The van der Waals surface area contributed by atoms with E-state index in [0.717, 1.165) is 16.4 Å². The maximum Gasteiger partial charge on any atom is 0.247 e. The summed E-state index contributed by atoms with van der Waals surface area (Å²) >= 11 is 5.79. The van der Waals surface area contributed by atoms with Crippen molar-refractivity contribution in [2.45, 2.75) is 9.79 Å². The second-order valence-electron chi connectivity index (χ2n) is 4.47. The summed E-state index contributed by atoms with van der Waals surface area (Å²) in [7, 11) is -8.34. The summed E-state index contributed by atoms with van der Waals surface area (Å²) in [4.78, 5) is 10.3. The Morgan fingerprint density at radius 2 is 2.09 bits per heavy atom. The van der Waals surface area contributed by atoms with Crippen molar-refractivity contribution in [1.29, 1.82) is 0 Å². The number of aliphatic hydroxyl groups is 1. The van der Waals surface area contributed by atoms with E-state index >= 15 is 0 Å². The number of hydrogen-bond donors (Lipinski definition) is 3. The van der Waals surface area contributed by atoms with Gasteiger partial charge in [0.15, 0.2) is 5.78 Å². The highest BCUT2D eigenvalue weighted by molar-refractivity contribution is 7.90. The van der Waals surface area contributed by atoms with Crippen LogP contribution in [0, 0.1) is 0 Å². The number of primary sulfonamides is 1. The van der Waals surface area contributed by atoms with E-state index in [4.69, 9.17) is 21.8 Å². The second kappa shape index (κ2) is 5.76. The molecule has 122 valence electrons. The predicted octanol–water partition coefficient (Wildman–Crippen LogP) is -1.08. The first-order valence-corrected chi connectivity index (χ1v) is 9.16. The van der Waals surface area contributed by atoms with Crippen LogP contribution < -0.4 is 10.5 Å². The predicted molar refractivity (Wildman–Crippen MR) is 77.3 cm³/mol. The van der Waals surface area contributed by atoms with Crippen molar-refractivity contribution < 1.29 is 26.7 Å². The van der Waals surface area contributed by atoms with Crippen molar-refractivity contribution in [3.8, 4) is 0 Å². The van der Waals surface area contributed by atoms with Crippen molar-refractivity contribution in [3.63, 3.8) is 0 Å². The third kappa shape index (κ3) is 3.09. The zero-order valence-corrected chi connectivity index (χ0v) is 13.4. The number of hydrogen-bond acceptors (Lipinski definition) is 7. The zero-order chi connectivity index (χ0) is 16.7. The number of Topliss-reactive ketones (excluding diaryl/α,β-unsaturated/α-hetero) is 1. The number of benzene rings is 1. The summed E-state index contributed by atoms with van der Waals surface area (Å²) in [6.45, 7) is -1.56. The molecule has 0 fully saturated rings. The lowest BCUT2D eigenvalue weighted by Crippen LogP contribution is -2.43. The molecule has 0 saturated heterocycles. The molecule has 4 N–H and O–H groups in total. The molecule has 1 aromatic carbocycles. The molecular formula is C10H12ClN3O6S2. The van der Waals surface area contributed by atoms with Crippen LogP contribution in [0.4, 0.5) is 5.69 Å². The highest BCUT2D eigenvalue weighted by atomic mass is 35.5. The summed E-state index contributed by atoms with van der Waals surface area (Å²) in [6.07, 6.45) is 0. The average Bonchev–Trinajstić information content (AvgIpc) is 2.40. The number of aliphatic hydroxyl groups excluding tert-OH is 1. The van der Waals surface area contributed by atoms with Gasteiger partial charge in [-0.05, 0) is 12.1 Å². The molecule has 0 aromatic heterocycles. The summed E-state index contributed by atoms with van der Waals surface area (Å²) in [6, 6.07) is 1.98. The Balaban J connectivity index is 2.57. The van der Waals surface area contributed by atoms with Crippen molar-refractivity contribution in [2.75, 3.05) is 25.1 Å². The lowest BCUT2D eigenvalue weighted by molar-refractivity contribution is -0.121. The number of rotatable bonds is 4. The van der Waals surface area contributed by atoms with Crippen LogP contribution in [0.25, 0.3) is 0 Å². The van der Waals surface area contributed by atoms with Gasteiger partial charge in [-0.2, -0.15) is 4.31 Å². The largest absolute Gasteiger partial charge is 0.389 e. The van der Waals surface area contributed by atoms with Gasteiger partial charge in [0, 0.05) is 0 Å². The number of nitrogens with zero attached hydrogens (tertiary/aromatic N) is 1. The number of carbonyl (C=O) groups is 1. The van der Waals surface area contributed by atoms with Crippen LogP contribution in [-0.4, -0.2) is 51.9 Å². The molecule has 0 saturated carbocycles. The molecule has 0 spiro atoms. The first-order chi connectivity index (χ1) is 10.1. The molecular weight excluding hydrogens is 358 g/mol. The molecule has 0 aliphatic carbocycles.